The van der Waals surface area contributed by atoms with Crippen LogP contribution in [-0.2, 0) is 0 Å². The summed E-state index contributed by atoms with van der Waals surface area (Å²) in [4.78, 5) is 17.1. The second-order valence-corrected chi connectivity index (χ2v) is 6.73. The Bertz CT molecular complexity index is 685. The quantitative estimate of drug-likeness (QED) is 0.859. The number of hydrogen-bond donors (Lipinski definition) is 2. The van der Waals surface area contributed by atoms with Crippen molar-refractivity contribution < 1.29 is 4.79 Å². The summed E-state index contributed by atoms with van der Waals surface area (Å²) in [6.45, 7) is 2.12. The Kier molecular flexibility index (Phi) is 4.52. The minimum Gasteiger partial charge on any atom is -0.367 e. The summed E-state index contributed by atoms with van der Waals surface area (Å²) in [5.41, 5.74) is 1.56. The number of carbonyl (C=O) groups excluding carboxylic acids is 1. The summed E-state index contributed by atoms with van der Waals surface area (Å²) in [5, 5.41) is 7.36. The van der Waals surface area contributed by atoms with Crippen LogP contribution in [-0.4, -0.2) is 35.0 Å². The Morgan fingerprint density at radius 2 is 2.18 bits per heavy atom. The lowest BCUT2D eigenvalue weighted by molar-refractivity contribution is 0.0952. The highest BCUT2D eigenvalue weighted by molar-refractivity contribution is 7.98. The van der Waals surface area contributed by atoms with Crippen LogP contribution in [0.5, 0.6) is 0 Å². The zero-order valence-corrected chi connectivity index (χ0v) is 13.7. The molecule has 1 aromatic heterocycles. The minimum atomic E-state index is 0.00155. The van der Waals surface area contributed by atoms with Gasteiger partial charge in [-0.25, -0.2) is 4.98 Å². The number of nitrogens with zero attached hydrogens (tertiary/aromatic N) is 1. The van der Waals surface area contributed by atoms with Crippen molar-refractivity contribution in [3.8, 4) is 0 Å². The van der Waals surface area contributed by atoms with Gasteiger partial charge in [-0.05, 0) is 38.2 Å². The van der Waals surface area contributed by atoms with Crippen LogP contribution in [0.25, 0.3) is 10.9 Å². The Hall–Kier alpha value is -1.75. The molecule has 0 bridgehead atoms. The average Bonchev–Trinajstić information content (AvgIpc) is 3.30. The lowest BCUT2D eigenvalue weighted by Crippen LogP contribution is -2.26. The normalized spacial score (nSPS) is 15.5. The van der Waals surface area contributed by atoms with Gasteiger partial charge in [0.2, 0.25) is 0 Å². The summed E-state index contributed by atoms with van der Waals surface area (Å²) in [7, 11) is 0. The van der Waals surface area contributed by atoms with Gasteiger partial charge >= 0.3 is 0 Å². The number of anilines is 1. The Morgan fingerprint density at radius 1 is 1.41 bits per heavy atom. The van der Waals surface area contributed by atoms with Crippen LogP contribution >= 0.6 is 11.8 Å². The van der Waals surface area contributed by atoms with E-state index in [1.807, 2.05) is 30.3 Å². The van der Waals surface area contributed by atoms with Crippen molar-refractivity contribution in [2.24, 2.45) is 0 Å². The van der Waals surface area contributed by atoms with Gasteiger partial charge in [-0.1, -0.05) is 18.2 Å². The molecule has 1 heterocycles. The number of rotatable bonds is 6. The third kappa shape index (κ3) is 3.53. The van der Waals surface area contributed by atoms with Crippen LogP contribution in [0.1, 0.15) is 30.1 Å². The highest BCUT2D eigenvalue weighted by Crippen LogP contribution is 2.24. The maximum Gasteiger partial charge on any atom is 0.252 e. The molecule has 1 fully saturated rings. The number of amides is 1. The van der Waals surface area contributed by atoms with Crippen LogP contribution in [0.15, 0.2) is 30.3 Å². The molecular weight excluding hydrogens is 294 g/mol. The van der Waals surface area contributed by atoms with E-state index < -0.39 is 0 Å². The fourth-order valence-electron chi connectivity index (χ4n) is 2.47. The summed E-state index contributed by atoms with van der Waals surface area (Å²) < 4.78 is 0. The van der Waals surface area contributed by atoms with E-state index in [2.05, 4.69) is 28.8 Å². The van der Waals surface area contributed by atoms with E-state index >= 15 is 0 Å². The predicted octanol–water partition coefficient (Wildman–Crippen LogP) is 3.29. The lowest BCUT2D eigenvalue weighted by Gasteiger charge is -2.15. The first-order chi connectivity index (χ1) is 10.7. The standard InChI is InChI=1S/C17H21N3OS/c1-11(10-22-2)18-16-9-14(17(21)19-12-7-8-12)13-5-3-4-6-15(13)20-16/h3-6,9,11-12H,7-8,10H2,1-2H3,(H,18,20)(H,19,21). The van der Waals surface area contributed by atoms with E-state index in [9.17, 15) is 4.79 Å². The minimum absolute atomic E-state index is 0.00155. The molecule has 0 aliphatic heterocycles. The van der Waals surface area contributed by atoms with Gasteiger partial charge in [-0.3, -0.25) is 4.79 Å². The van der Waals surface area contributed by atoms with Gasteiger partial charge in [0.25, 0.3) is 5.91 Å². The third-order valence-corrected chi connectivity index (χ3v) is 4.52. The molecule has 1 atom stereocenters. The van der Waals surface area contributed by atoms with Crippen LogP contribution < -0.4 is 10.6 Å². The zero-order valence-electron chi connectivity index (χ0n) is 12.9. The predicted molar refractivity (Wildman–Crippen MR) is 93.7 cm³/mol. The van der Waals surface area contributed by atoms with E-state index in [0.717, 1.165) is 35.3 Å². The molecule has 116 valence electrons. The SMILES string of the molecule is CSCC(C)Nc1cc(C(=O)NC2CC2)c2ccccc2n1. The van der Waals surface area contributed by atoms with Crippen molar-refractivity contribution >= 4 is 34.4 Å². The molecule has 0 spiro atoms. The molecule has 2 N–H and O–H groups in total. The number of carbonyl (C=O) groups is 1. The Labute approximate surface area is 135 Å². The summed E-state index contributed by atoms with van der Waals surface area (Å²) in [6, 6.07) is 10.3. The number of fused-ring (bicyclic) bond motifs is 1. The van der Waals surface area contributed by atoms with Gasteiger partial charge in [-0.2, -0.15) is 11.8 Å². The number of benzene rings is 1. The largest absolute Gasteiger partial charge is 0.367 e. The fourth-order valence-corrected chi connectivity index (χ4v) is 3.06. The maximum absolute atomic E-state index is 12.5. The molecular formula is C17H21N3OS. The first-order valence-electron chi connectivity index (χ1n) is 7.63. The highest BCUT2D eigenvalue weighted by atomic mass is 32.2. The van der Waals surface area contributed by atoms with Gasteiger partial charge in [-0.15, -0.1) is 0 Å². The second kappa shape index (κ2) is 6.57. The van der Waals surface area contributed by atoms with E-state index in [1.165, 1.54) is 0 Å². The number of pyridine rings is 1. The van der Waals surface area contributed by atoms with Gasteiger partial charge < -0.3 is 10.6 Å². The maximum atomic E-state index is 12.5. The molecule has 1 aromatic carbocycles. The highest BCUT2D eigenvalue weighted by Gasteiger charge is 2.25. The molecule has 5 heteroatoms. The van der Waals surface area contributed by atoms with E-state index in [4.69, 9.17) is 0 Å². The summed E-state index contributed by atoms with van der Waals surface area (Å²) in [6.07, 6.45) is 4.26. The number of thioether (sulfide) groups is 1. The molecule has 1 amide bonds. The molecule has 1 aliphatic rings. The van der Waals surface area contributed by atoms with Crippen molar-refractivity contribution in [1.29, 1.82) is 0 Å². The second-order valence-electron chi connectivity index (χ2n) is 5.82. The molecule has 22 heavy (non-hydrogen) atoms. The lowest BCUT2D eigenvalue weighted by atomic mass is 10.1. The van der Waals surface area contributed by atoms with Crippen molar-refractivity contribution in [3.63, 3.8) is 0 Å². The van der Waals surface area contributed by atoms with Crippen LogP contribution in [0, 0.1) is 0 Å². The molecule has 1 aliphatic carbocycles. The molecule has 4 nitrogen and oxygen atoms in total. The fraction of sp³-hybridized carbons (Fsp3) is 0.412. The van der Waals surface area contributed by atoms with Gasteiger partial charge in [0.15, 0.2) is 0 Å². The average molecular weight is 315 g/mol. The molecule has 1 saturated carbocycles. The van der Waals surface area contributed by atoms with Crippen molar-refractivity contribution in [3.05, 3.63) is 35.9 Å². The van der Waals surface area contributed by atoms with E-state index in [1.54, 1.807) is 11.8 Å². The van der Waals surface area contributed by atoms with Crippen LogP contribution in [0.2, 0.25) is 0 Å². The third-order valence-electron chi connectivity index (χ3n) is 3.68. The topological polar surface area (TPSA) is 54.0 Å². The summed E-state index contributed by atoms with van der Waals surface area (Å²) in [5.74, 6) is 1.76. The van der Waals surface area contributed by atoms with Gasteiger partial charge in [0.1, 0.15) is 5.82 Å². The molecule has 0 radical (unpaired) electrons. The molecule has 2 aromatic rings. The smallest absolute Gasteiger partial charge is 0.252 e. The first kappa shape index (κ1) is 15.2. The van der Waals surface area contributed by atoms with Gasteiger partial charge in [0.05, 0.1) is 11.1 Å². The number of hydrogen-bond acceptors (Lipinski definition) is 4. The van der Waals surface area contributed by atoms with E-state index in [0.29, 0.717) is 17.6 Å². The van der Waals surface area contributed by atoms with Crippen molar-refractivity contribution in [2.75, 3.05) is 17.3 Å². The number of aromatic nitrogens is 1. The van der Waals surface area contributed by atoms with Crippen molar-refractivity contribution in [2.45, 2.75) is 31.8 Å². The number of nitrogens with one attached hydrogen (secondary N) is 2. The summed E-state index contributed by atoms with van der Waals surface area (Å²) >= 11 is 1.79. The van der Waals surface area contributed by atoms with Gasteiger partial charge in [0, 0.05) is 23.2 Å². The van der Waals surface area contributed by atoms with Crippen LogP contribution in [0.3, 0.4) is 0 Å². The first-order valence-corrected chi connectivity index (χ1v) is 9.03. The van der Waals surface area contributed by atoms with E-state index in [-0.39, 0.29) is 5.91 Å². The zero-order chi connectivity index (χ0) is 15.5. The monoisotopic (exact) mass is 315 g/mol. The van der Waals surface area contributed by atoms with Crippen molar-refractivity contribution in [1.82, 2.24) is 10.3 Å². The molecule has 0 saturated heterocycles. The Morgan fingerprint density at radius 3 is 2.91 bits per heavy atom. The van der Waals surface area contributed by atoms with Crippen LogP contribution in [0.4, 0.5) is 5.82 Å². The molecule has 3 rings (SSSR count). The molecule has 1 unspecified atom stereocenters. The Balaban J connectivity index is 1.94. The number of para-hydroxylation sites is 1.